The first-order valence-corrected chi connectivity index (χ1v) is 12.4. The van der Waals surface area contributed by atoms with Crippen LogP contribution >= 0.6 is 0 Å². The molecule has 2 atom stereocenters. The molecule has 2 aromatic heterocycles. The molecule has 4 rings (SSSR count). The molecule has 1 fully saturated rings. The number of carbonyl (C=O) groups excluding carboxylic acids is 1. The number of aromatic nitrogens is 3. The predicted molar refractivity (Wildman–Crippen MR) is 125 cm³/mol. The van der Waals surface area contributed by atoms with Crippen LogP contribution in [0.25, 0.3) is 11.6 Å². The molecule has 8 nitrogen and oxygen atoms in total. The zero-order valence-electron chi connectivity index (χ0n) is 21.2. The zero-order chi connectivity index (χ0) is 27.9. The summed E-state index contributed by atoms with van der Waals surface area (Å²) >= 11 is 0. The van der Waals surface area contributed by atoms with Gasteiger partial charge in [0.2, 0.25) is 5.89 Å². The fourth-order valence-corrected chi connectivity index (χ4v) is 4.82. The number of anilines is 2. The minimum atomic E-state index is -4.84. The molecule has 0 aliphatic carbocycles. The van der Waals surface area contributed by atoms with Gasteiger partial charge < -0.3 is 14.1 Å². The first-order valence-electron chi connectivity index (χ1n) is 12.4. The maximum Gasteiger partial charge on any atom is 0.420 e. The van der Waals surface area contributed by atoms with Crippen LogP contribution in [0, 0.1) is 0 Å². The molecule has 4 heterocycles. The molecule has 1 saturated heterocycles. The fourth-order valence-electron chi connectivity index (χ4n) is 4.82. The number of nitrogens with one attached hydrogen (secondary N) is 1. The second-order valence-electron chi connectivity index (χ2n) is 10.5. The molecule has 0 saturated carbocycles. The summed E-state index contributed by atoms with van der Waals surface area (Å²) < 4.78 is 94.8. The van der Waals surface area contributed by atoms with Gasteiger partial charge in [0, 0.05) is 12.6 Å². The number of ether oxygens (including phenoxy) is 1. The molecule has 38 heavy (non-hydrogen) atoms. The van der Waals surface area contributed by atoms with Crippen LogP contribution in [-0.4, -0.2) is 45.6 Å². The van der Waals surface area contributed by atoms with E-state index in [-0.39, 0.29) is 24.6 Å². The van der Waals surface area contributed by atoms with E-state index in [9.17, 15) is 31.1 Å². The van der Waals surface area contributed by atoms with Crippen molar-refractivity contribution in [2.45, 2.75) is 95.6 Å². The number of carbonyl (C=O) groups is 1. The Labute approximate surface area is 215 Å². The Bertz CT molecular complexity index is 1160. The van der Waals surface area contributed by atoms with Crippen molar-refractivity contribution in [1.29, 1.82) is 0 Å². The summed E-state index contributed by atoms with van der Waals surface area (Å²) in [6, 6.07) is 0.425. The van der Waals surface area contributed by atoms with Crippen LogP contribution in [0.2, 0.25) is 0 Å². The van der Waals surface area contributed by atoms with Gasteiger partial charge in [-0.2, -0.15) is 26.3 Å². The summed E-state index contributed by atoms with van der Waals surface area (Å²) in [4.78, 5) is 18.3. The van der Waals surface area contributed by atoms with Crippen molar-refractivity contribution in [3.05, 3.63) is 17.5 Å². The fraction of sp³-hybridized carbons (Fsp3) is 0.667. The third-order valence-electron chi connectivity index (χ3n) is 6.46. The molecule has 4 bridgehead atoms. The van der Waals surface area contributed by atoms with Gasteiger partial charge in [0.1, 0.15) is 22.9 Å². The van der Waals surface area contributed by atoms with Crippen LogP contribution in [0.3, 0.4) is 0 Å². The molecular weight excluding hydrogens is 520 g/mol. The molecular formula is C24H29F6N5O3. The SMILES string of the molecule is CC(C)(C)OC(=O)Nc1cc(C(F)(F)F)c2nc1-c1nnc(o1)C(C(F)(F)F)CCCCC[C@@H]1CCCN21. The second-order valence-corrected chi connectivity index (χ2v) is 10.5. The molecule has 0 spiro atoms. The smallest absolute Gasteiger partial charge is 0.420 e. The molecule has 2 aromatic rings. The van der Waals surface area contributed by atoms with E-state index in [1.807, 2.05) is 0 Å². The van der Waals surface area contributed by atoms with Gasteiger partial charge in [-0.25, -0.2) is 9.78 Å². The highest BCUT2D eigenvalue weighted by atomic mass is 19.4. The number of hydrogen-bond donors (Lipinski definition) is 1. The predicted octanol–water partition coefficient (Wildman–Crippen LogP) is 7.08. The molecule has 1 amide bonds. The molecule has 2 aliphatic rings. The van der Waals surface area contributed by atoms with Gasteiger partial charge in [-0.05, 0) is 52.5 Å². The molecule has 14 heteroatoms. The average molecular weight is 550 g/mol. The number of nitrogens with zero attached hydrogens (tertiary/aromatic N) is 4. The molecule has 1 unspecified atom stereocenters. The molecule has 0 aromatic carbocycles. The second kappa shape index (κ2) is 10.3. The number of fused-ring (bicyclic) bond motifs is 7. The maximum atomic E-state index is 14.3. The van der Waals surface area contributed by atoms with E-state index in [1.54, 1.807) is 25.7 Å². The van der Waals surface area contributed by atoms with Crippen LogP contribution in [0.1, 0.15) is 83.1 Å². The highest BCUT2D eigenvalue weighted by Gasteiger charge is 2.45. The molecule has 0 radical (unpaired) electrons. The van der Waals surface area contributed by atoms with Crippen molar-refractivity contribution in [3.63, 3.8) is 0 Å². The third kappa shape index (κ3) is 6.32. The Morgan fingerprint density at radius 2 is 1.71 bits per heavy atom. The van der Waals surface area contributed by atoms with E-state index in [2.05, 4.69) is 20.5 Å². The highest BCUT2D eigenvalue weighted by molar-refractivity contribution is 5.90. The van der Waals surface area contributed by atoms with Gasteiger partial charge in [-0.1, -0.05) is 19.3 Å². The van der Waals surface area contributed by atoms with Gasteiger partial charge in [-0.15, -0.1) is 10.2 Å². The summed E-state index contributed by atoms with van der Waals surface area (Å²) in [6.45, 7) is 5.02. The van der Waals surface area contributed by atoms with E-state index in [0.29, 0.717) is 44.7 Å². The van der Waals surface area contributed by atoms with Crippen molar-refractivity contribution in [3.8, 4) is 11.6 Å². The van der Waals surface area contributed by atoms with E-state index >= 15 is 0 Å². The topological polar surface area (TPSA) is 93.4 Å². The lowest BCUT2D eigenvalue weighted by molar-refractivity contribution is -0.156. The summed E-state index contributed by atoms with van der Waals surface area (Å²) in [5.74, 6) is -3.68. The van der Waals surface area contributed by atoms with Gasteiger partial charge in [0.15, 0.2) is 5.69 Å². The van der Waals surface area contributed by atoms with Crippen LogP contribution in [-0.2, 0) is 10.9 Å². The number of pyridine rings is 1. The number of halogens is 6. The monoisotopic (exact) mass is 549 g/mol. The Kier molecular flexibility index (Phi) is 7.54. The average Bonchev–Trinajstić information content (AvgIpc) is 3.42. The van der Waals surface area contributed by atoms with Gasteiger partial charge in [0.05, 0.1) is 5.69 Å². The first-order chi connectivity index (χ1) is 17.6. The Hall–Kier alpha value is -3.06. The van der Waals surface area contributed by atoms with E-state index < -0.39 is 58.8 Å². The van der Waals surface area contributed by atoms with Crippen molar-refractivity contribution in [2.24, 2.45) is 0 Å². The van der Waals surface area contributed by atoms with Crippen molar-refractivity contribution >= 4 is 17.6 Å². The molecule has 210 valence electrons. The lowest BCUT2D eigenvalue weighted by atomic mass is 9.98. The molecule has 2 aliphatic heterocycles. The summed E-state index contributed by atoms with van der Waals surface area (Å²) in [5.41, 5.74) is -2.92. The number of alkyl halides is 6. The van der Waals surface area contributed by atoms with Gasteiger partial charge >= 0.3 is 18.4 Å². The minimum absolute atomic E-state index is 0.234. The Morgan fingerprint density at radius 3 is 2.37 bits per heavy atom. The summed E-state index contributed by atoms with van der Waals surface area (Å²) in [6.07, 6.45) is -7.82. The van der Waals surface area contributed by atoms with E-state index in [0.717, 1.165) is 0 Å². The summed E-state index contributed by atoms with van der Waals surface area (Å²) in [7, 11) is 0. The van der Waals surface area contributed by atoms with Gasteiger partial charge in [0.25, 0.3) is 5.89 Å². The quantitative estimate of drug-likeness (QED) is 0.380. The largest absolute Gasteiger partial charge is 0.444 e. The maximum absolute atomic E-state index is 14.3. The first kappa shape index (κ1) is 28.0. The lowest BCUT2D eigenvalue weighted by Crippen LogP contribution is -2.33. The highest BCUT2D eigenvalue weighted by Crippen LogP contribution is 2.44. The minimum Gasteiger partial charge on any atom is -0.444 e. The lowest BCUT2D eigenvalue weighted by Gasteiger charge is -2.29. The normalized spacial score (nSPS) is 21.0. The zero-order valence-corrected chi connectivity index (χ0v) is 21.2. The van der Waals surface area contributed by atoms with Gasteiger partial charge in [-0.3, -0.25) is 5.32 Å². The Balaban J connectivity index is 1.90. The van der Waals surface area contributed by atoms with E-state index in [4.69, 9.17) is 9.15 Å². The van der Waals surface area contributed by atoms with E-state index in [1.165, 1.54) is 0 Å². The van der Waals surface area contributed by atoms with Crippen LogP contribution in [0.5, 0.6) is 0 Å². The third-order valence-corrected chi connectivity index (χ3v) is 6.46. The van der Waals surface area contributed by atoms with Crippen molar-refractivity contribution in [1.82, 2.24) is 15.2 Å². The molecule has 1 N–H and O–H groups in total. The number of amides is 1. The van der Waals surface area contributed by atoms with Crippen molar-refractivity contribution in [2.75, 3.05) is 16.8 Å². The van der Waals surface area contributed by atoms with Crippen molar-refractivity contribution < 1.29 is 40.3 Å². The van der Waals surface area contributed by atoms with Crippen LogP contribution in [0.4, 0.5) is 42.6 Å². The number of hydrogen-bond acceptors (Lipinski definition) is 7. The van der Waals surface area contributed by atoms with Crippen LogP contribution in [0.15, 0.2) is 10.5 Å². The summed E-state index contributed by atoms with van der Waals surface area (Å²) in [5, 5.41) is 9.50. The standard InChI is InChI=1S/C24H29F6N5O3/c1-22(2,3)38-21(36)31-16-12-15(24(28,29)30)18-32-17(16)20-34-33-19(37-20)14(23(25,26)27)10-6-4-5-8-13-9-7-11-35(13)18/h12-14H,4-11H2,1-3H3,(H,31,36)/t13-,14?/m1/s1. The number of rotatable bonds is 1. The van der Waals surface area contributed by atoms with Crippen LogP contribution < -0.4 is 10.2 Å². The Morgan fingerprint density at radius 1 is 1.03 bits per heavy atom.